The molecular weight excluding hydrogens is 388 g/mol. The number of hydrogen-bond donors (Lipinski definition) is 1. The lowest BCUT2D eigenvalue weighted by Gasteiger charge is -2.14. The standard InChI is InChI=1S/C21H26N4O3S/c1-4-5-6-7-17-23-24-21(29-17)22-18(26)14-8-9-15-16(12-14)20(28)25(19(15)27)11-10-13(2)3/h8-9,12-13H,4-7,10-11H2,1-3H3,(H,22,24,26). The molecule has 1 N–H and O–H groups in total. The van der Waals surface area contributed by atoms with Gasteiger partial charge in [0.25, 0.3) is 17.7 Å². The fourth-order valence-corrected chi connectivity index (χ4v) is 3.90. The van der Waals surface area contributed by atoms with Gasteiger partial charge in [-0.3, -0.25) is 24.6 Å². The molecule has 8 heteroatoms. The van der Waals surface area contributed by atoms with Crippen LogP contribution in [0.2, 0.25) is 0 Å². The summed E-state index contributed by atoms with van der Waals surface area (Å²) >= 11 is 1.36. The number of amides is 3. The summed E-state index contributed by atoms with van der Waals surface area (Å²) in [5.41, 5.74) is 0.951. The van der Waals surface area contributed by atoms with E-state index in [-0.39, 0.29) is 23.3 Å². The molecule has 0 radical (unpaired) electrons. The molecule has 1 aliphatic heterocycles. The summed E-state index contributed by atoms with van der Waals surface area (Å²) in [6.07, 6.45) is 4.92. The van der Waals surface area contributed by atoms with Gasteiger partial charge < -0.3 is 0 Å². The minimum Gasteiger partial charge on any atom is -0.296 e. The third-order valence-corrected chi connectivity index (χ3v) is 5.74. The highest BCUT2D eigenvalue weighted by atomic mass is 32.1. The van der Waals surface area contributed by atoms with Crippen LogP contribution in [-0.4, -0.2) is 39.4 Å². The second-order valence-corrected chi connectivity index (χ2v) is 8.68. The molecule has 2 heterocycles. The van der Waals surface area contributed by atoms with E-state index < -0.39 is 0 Å². The normalized spacial score (nSPS) is 13.3. The lowest BCUT2D eigenvalue weighted by atomic mass is 10.1. The third kappa shape index (κ3) is 4.87. The number of benzene rings is 1. The van der Waals surface area contributed by atoms with Gasteiger partial charge in [0.2, 0.25) is 5.13 Å². The first-order chi connectivity index (χ1) is 13.9. The topological polar surface area (TPSA) is 92.3 Å². The first kappa shape index (κ1) is 21.1. The fourth-order valence-electron chi connectivity index (χ4n) is 3.12. The molecule has 0 saturated carbocycles. The maximum atomic E-state index is 12.6. The minimum absolute atomic E-state index is 0.281. The molecule has 0 bridgehead atoms. The molecular formula is C21H26N4O3S. The van der Waals surface area contributed by atoms with Crippen LogP contribution in [0.4, 0.5) is 5.13 Å². The van der Waals surface area contributed by atoms with E-state index in [2.05, 4.69) is 22.4 Å². The zero-order valence-electron chi connectivity index (χ0n) is 17.0. The monoisotopic (exact) mass is 414 g/mol. The Morgan fingerprint density at radius 1 is 1.14 bits per heavy atom. The molecule has 29 heavy (non-hydrogen) atoms. The van der Waals surface area contributed by atoms with Crippen molar-refractivity contribution < 1.29 is 14.4 Å². The Balaban J connectivity index is 1.68. The molecule has 0 fully saturated rings. The van der Waals surface area contributed by atoms with Crippen molar-refractivity contribution in [3.8, 4) is 0 Å². The Hall–Kier alpha value is -2.61. The van der Waals surface area contributed by atoms with Gasteiger partial charge in [-0.15, -0.1) is 10.2 Å². The zero-order chi connectivity index (χ0) is 21.0. The van der Waals surface area contributed by atoms with Crippen molar-refractivity contribution in [2.24, 2.45) is 5.92 Å². The summed E-state index contributed by atoms with van der Waals surface area (Å²) in [5.74, 6) is -0.614. The van der Waals surface area contributed by atoms with Crippen LogP contribution < -0.4 is 5.32 Å². The van der Waals surface area contributed by atoms with Gasteiger partial charge >= 0.3 is 0 Å². The summed E-state index contributed by atoms with van der Waals surface area (Å²) in [4.78, 5) is 39.0. The van der Waals surface area contributed by atoms with Crippen LogP contribution in [0.1, 0.15) is 82.5 Å². The fraction of sp³-hybridized carbons (Fsp3) is 0.476. The number of rotatable bonds is 9. The van der Waals surface area contributed by atoms with E-state index in [0.29, 0.717) is 28.7 Å². The van der Waals surface area contributed by atoms with Gasteiger partial charge in [-0.1, -0.05) is 44.9 Å². The van der Waals surface area contributed by atoms with Crippen molar-refractivity contribution in [1.82, 2.24) is 15.1 Å². The van der Waals surface area contributed by atoms with Gasteiger partial charge in [0, 0.05) is 18.5 Å². The average Bonchev–Trinajstić information content (AvgIpc) is 3.23. The van der Waals surface area contributed by atoms with E-state index in [1.165, 1.54) is 22.3 Å². The van der Waals surface area contributed by atoms with Crippen LogP contribution in [0.5, 0.6) is 0 Å². The molecule has 7 nitrogen and oxygen atoms in total. The van der Waals surface area contributed by atoms with Crippen molar-refractivity contribution in [1.29, 1.82) is 0 Å². The SMILES string of the molecule is CCCCCc1nnc(NC(=O)c2ccc3c(c2)C(=O)N(CCC(C)C)C3=O)s1. The quantitative estimate of drug-likeness (QED) is 0.491. The Labute approximate surface area is 174 Å². The zero-order valence-corrected chi connectivity index (χ0v) is 17.8. The number of hydrogen-bond acceptors (Lipinski definition) is 6. The van der Waals surface area contributed by atoms with Crippen molar-refractivity contribution in [2.45, 2.75) is 52.9 Å². The van der Waals surface area contributed by atoms with Gasteiger partial charge in [0.05, 0.1) is 11.1 Å². The Kier molecular flexibility index (Phi) is 6.74. The van der Waals surface area contributed by atoms with E-state index in [1.54, 1.807) is 12.1 Å². The summed E-state index contributed by atoms with van der Waals surface area (Å²) in [6, 6.07) is 4.61. The average molecular weight is 415 g/mol. The number of carbonyl (C=O) groups is 3. The molecule has 1 aromatic carbocycles. The minimum atomic E-state index is -0.370. The second-order valence-electron chi connectivity index (χ2n) is 7.62. The molecule has 3 rings (SSSR count). The Morgan fingerprint density at radius 3 is 2.62 bits per heavy atom. The van der Waals surface area contributed by atoms with E-state index in [9.17, 15) is 14.4 Å². The smallest absolute Gasteiger partial charge is 0.261 e. The molecule has 0 atom stereocenters. The van der Waals surface area contributed by atoms with E-state index >= 15 is 0 Å². The van der Waals surface area contributed by atoms with Crippen molar-refractivity contribution in [2.75, 3.05) is 11.9 Å². The van der Waals surface area contributed by atoms with Gasteiger partial charge in [0.15, 0.2) is 0 Å². The molecule has 2 aromatic rings. The first-order valence-corrected chi connectivity index (χ1v) is 10.9. The van der Waals surface area contributed by atoms with Crippen molar-refractivity contribution >= 4 is 34.2 Å². The highest BCUT2D eigenvalue weighted by Crippen LogP contribution is 2.25. The van der Waals surface area contributed by atoms with Crippen LogP contribution in [0.15, 0.2) is 18.2 Å². The molecule has 0 saturated heterocycles. The largest absolute Gasteiger partial charge is 0.296 e. The van der Waals surface area contributed by atoms with Crippen LogP contribution in [-0.2, 0) is 6.42 Å². The molecule has 154 valence electrons. The van der Waals surface area contributed by atoms with Gasteiger partial charge in [-0.25, -0.2) is 0 Å². The number of imide groups is 1. The number of aryl methyl sites for hydroxylation is 1. The van der Waals surface area contributed by atoms with Gasteiger partial charge in [0.1, 0.15) is 5.01 Å². The summed E-state index contributed by atoms with van der Waals surface area (Å²) < 4.78 is 0. The summed E-state index contributed by atoms with van der Waals surface area (Å²) in [5, 5.41) is 12.2. The number of nitrogens with one attached hydrogen (secondary N) is 1. The van der Waals surface area contributed by atoms with E-state index in [4.69, 9.17) is 0 Å². The third-order valence-electron chi connectivity index (χ3n) is 4.84. The predicted molar refractivity (Wildman–Crippen MR) is 112 cm³/mol. The van der Waals surface area contributed by atoms with Gasteiger partial charge in [-0.2, -0.15) is 0 Å². The second kappa shape index (κ2) is 9.26. The molecule has 1 aromatic heterocycles. The highest BCUT2D eigenvalue weighted by molar-refractivity contribution is 7.15. The Morgan fingerprint density at radius 2 is 1.90 bits per heavy atom. The van der Waals surface area contributed by atoms with Gasteiger partial charge in [-0.05, 0) is 37.0 Å². The lowest BCUT2D eigenvalue weighted by molar-refractivity contribution is 0.0647. The number of aromatic nitrogens is 2. The number of fused-ring (bicyclic) bond motifs is 1. The number of nitrogens with zero attached hydrogens (tertiary/aromatic N) is 3. The van der Waals surface area contributed by atoms with Crippen LogP contribution in [0.25, 0.3) is 0 Å². The van der Waals surface area contributed by atoms with Crippen molar-refractivity contribution in [3.63, 3.8) is 0 Å². The van der Waals surface area contributed by atoms with Crippen molar-refractivity contribution in [3.05, 3.63) is 39.9 Å². The molecule has 0 aliphatic carbocycles. The Bertz CT molecular complexity index is 922. The van der Waals surface area contributed by atoms with Crippen LogP contribution >= 0.6 is 11.3 Å². The maximum Gasteiger partial charge on any atom is 0.261 e. The maximum absolute atomic E-state index is 12.6. The molecule has 0 spiro atoms. The number of unbranched alkanes of at least 4 members (excludes halogenated alkanes) is 2. The van der Waals surface area contributed by atoms with Crippen LogP contribution in [0, 0.1) is 5.92 Å². The number of anilines is 1. The van der Waals surface area contributed by atoms with E-state index in [0.717, 1.165) is 37.1 Å². The predicted octanol–water partition coefficient (Wildman–Crippen LogP) is 4.17. The first-order valence-electron chi connectivity index (χ1n) is 10.0. The lowest BCUT2D eigenvalue weighted by Crippen LogP contribution is -2.31. The summed E-state index contributed by atoms with van der Waals surface area (Å²) in [6.45, 7) is 6.62. The molecule has 1 aliphatic rings. The molecule has 0 unspecified atom stereocenters. The number of carbonyl (C=O) groups excluding carboxylic acids is 3. The van der Waals surface area contributed by atoms with E-state index in [1.807, 2.05) is 13.8 Å². The van der Waals surface area contributed by atoms with Crippen LogP contribution in [0.3, 0.4) is 0 Å². The summed E-state index contributed by atoms with van der Waals surface area (Å²) in [7, 11) is 0. The highest BCUT2D eigenvalue weighted by Gasteiger charge is 2.35. The molecule has 3 amide bonds.